The first-order chi connectivity index (χ1) is 13.0. The summed E-state index contributed by atoms with van der Waals surface area (Å²) >= 11 is 0. The summed E-state index contributed by atoms with van der Waals surface area (Å²) in [6, 6.07) is 13.0. The van der Waals surface area contributed by atoms with Crippen molar-refractivity contribution in [1.29, 1.82) is 0 Å². The molecule has 0 bridgehead atoms. The lowest BCUT2D eigenvalue weighted by Gasteiger charge is -2.27. The van der Waals surface area contributed by atoms with Crippen molar-refractivity contribution >= 4 is 11.7 Å². The third-order valence-corrected chi connectivity index (χ3v) is 4.78. The minimum absolute atomic E-state index is 0.0394. The van der Waals surface area contributed by atoms with Crippen LogP contribution in [0.15, 0.2) is 42.5 Å². The van der Waals surface area contributed by atoms with Crippen LogP contribution in [0.5, 0.6) is 0 Å². The summed E-state index contributed by atoms with van der Waals surface area (Å²) in [5.74, 6) is 0.443. The van der Waals surface area contributed by atoms with Crippen molar-refractivity contribution in [3.63, 3.8) is 0 Å². The van der Waals surface area contributed by atoms with Crippen LogP contribution in [0, 0.1) is 6.92 Å². The molecule has 8 heteroatoms. The van der Waals surface area contributed by atoms with Gasteiger partial charge in [-0.15, -0.1) is 0 Å². The first kappa shape index (κ1) is 17.3. The number of carbonyl (C=O) groups is 1. The van der Waals surface area contributed by atoms with E-state index in [0.29, 0.717) is 31.1 Å². The van der Waals surface area contributed by atoms with Crippen LogP contribution in [0.4, 0.5) is 5.82 Å². The number of fused-ring (bicyclic) bond motifs is 1. The molecule has 1 aliphatic rings. The van der Waals surface area contributed by atoms with E-state index in [9.17, 15) is 9.90 Å². The maximum absolute atomic E-state index is 12.6. The van der Waals surface area contributed by atoms with Gasteiger partial charge in [-0.2, -0.15) is 10.2 Å². The highest BCUT2D eigenvalue weighted by Gasteiger charge is 2.25. The van der Waals surface area contributed by atoms with Crippen molar-refractivity contribution in [1.82, 2.24) is 24.5 Å². The van der Waals surface area contributed by atoms with E-state index in [4.69, 9.17) is 5.73 Å². The number of aryl methyl sites for hydroxylation is 1. The molecule has 0 aliphatic carbocycles. The zero-order chi connectivity index (χ0) is 19.0. The fourth-order valence-corrected chi connectivity index (χ4v) is 3.36. The molecule has 0 saturated heterocycles. The molecule has 1 aromatic carbocycles. The average Bonchev–Trinajstić information content (AvgIpc) is 3.23. The fraction of sp³-hybridized carbons (Fsp3) is 0.316. The van der Waals surface area contributed by atoms with Gasteiger partial charge in [0.1, 0.15) is 18.5 Å². The van der Waals surface area contributed by atoms with Crippen molar-refractivity contribution in [3.05, 3.63) is 65.1 Å². The Balaban J connectivity index is 1.48. The molecule has 4 rings (SSSR count). The highest BCUT2D eigenvalue weighted by molar-refractivity contribution is 5.76. The Morgan fingerprint density at radius 3 is 2.70 bits per heavy atom. The molecule has 0 fully saturated rings. The highest BCUT2D eigenvalue weighted by atomic mass is 16.3. The Morgan fingerprint density at radius 1 is 1.22 bits per heavy atom. The minimum atomic E-state index is -0.778. The van der Waals surface area contributed by atoms with E-state index in [2.05, 4.69) is 10.2 Å². The Bertz CT molecular complexity index is 962. The van der Waals surface area contributed by atoms with Crippen LogP contribution in [-0.4, -0.2) is 42.0 Å². The maximum Gasteiger partial charge on any atom is 0.244 e. The lowest BCUT2D eigenvalue weighted by Crippen LogP contribution is -2.40. The molecule has 1 aliphatic heterocycles. The number of hydrogen-bond donors (Lipinski definition) is 2. The molecule has 1 atom stereocenters. The Morgan fingerprint density at radius 2 is 2.00 bits per heavy atom. The summed E-state index contributed by atoms with van der Waals surface area (Å²) in [6.45, 7) is 3.57. The van der Waals surface area contributed by atoms with Crippen LogP contribution >= 0.6 is 0 Å². The predicted molar refractivity (Wildman–Crippen MR) is 99.5 cm³/mol. The molecule has 3 aromatic rings. The summed E-state index contributed by atoms with van der Waals surface area (Å²) in [7, 11) is 0. The number of aromatic nitrogens is 4. The number of nitrogens with zero attached hydrogens (tertiary/aromatic N) is 5. The molecular weight excluding hydrogens is 344 g/mol. The summed E-state index contributed by atoms with van der Waals surface area (Å²) < 4.78 is 3.38. The predicted octanol–water partition coefficient (Wildman–Crippen LogP) is 1.09. The lowest BCUT2D eigenvalue weighted by molar-refractivity contribution is -0.133. The van der Waals surface area contributed by atoms with Crippen molar-refractivity contribution in [2.45, 2.75) is 32.7 Å². The first-order valence-corrected chi connectivity index (χ1v) is 8.88. The summed E-state index contributed by atoms with van der Waals surface area (Å²) in [6.07, 6.45) is -0.778. The molecule has 8 nitrogen and oxygen atoms in total. The third-order valence-electron chi connectivity index (χ3n) is 4.78. The number of nitrogens with two attached hydrogens (primary N) is 1. The topological polar surface area (TPSA) is 102 Å². The normalized spacial score (nSPS) is 14.8. The number of aliphatic hydroxyl groups excluding tert-OH is 1. The molecule has 0 saturated carbocycles. The molecule has 140 valence electrons. The van der Waals surface area contributed by atoms with Crippen LogP contribution < -0.4 is 5.73 Å². The van der Waals surface area contributed by atoms with Crippen molar-refractivity contribution in [3.8, 4) is 0 Å². The molecule has 1 unspecified atom stereocenters. The molecule has 1 amide bonds. The SMILES string of the molecule is Cc1cc(N)n(CC(=O)N2CCn3nc(C(O)c4ccccc4)cc3C2)n1. The monoisotopic (exact) mass is 366 g/mol. The summed E-state index contributed by atoms with van der Waals surface area (Å²) in [5.41, 5.74) is 8.96. The summed E-state index contributed by atoms with van der Waals surface area (Å²) in [4.78, 5) is 14.4. The van der Waals surface area contributed by atoms with Gasteiger partial charge in [0.2, 0.25) is 5.91 Å². The number of aliphatic hydroxyl groups is 1. The molecular formula is C19H22N6O2. The minimum Gasteiger partial charge on any atom is -0.384 e. The van der Waals surface area contributed by atoms with Gasteiger partial charge in [0.15, 0.2) is 0 Å². The van der Waals surface area contributed by atoms with Gasteiger partial charge >= 0.3 is 0 Å². The van der Waals surface area contributed by atoms with Gasteiger partial charge < -0.3 is 15.7 Å². The Hall–Kier alpha value is -3.13. The Kier molecular flexibility index (Phi) is 4.41. The van der Waals surface area contributed by atoms with Crippen LogP contribution in [0.1, 0.15) is 28.7 Å². The number of benzene rings is 1. The average molecular weight is 366 g/mol. The second-order valence-corrected chi connectivity index (χ2v) is 6.78. The van der Waals surface area contributed by atoms with Crippen molar-refractivity contribution in [2.75, 3.05) is 12.3 Å². The van der Waals surface area contributed by atoms with Crippen LogP contribution in [0.2, 0.25) is 0 Å². The van der Waals surface area contributed by atoms with E-state index in [1.165, 1.54) is 4.68 Å². The second-order valence-electron chi connectivity index (χ2n) is 6.78. The van der Waals surface area contributed by atoms with E-state index in [0.717, 1.165) is 17.0 Å². The van der Waals surface area contributed by atoms with Gasteiger partial charge in [0.05, 0.1) is 30.2 Å². The number of rotatable bonds is 4. The van der Waals surface area contributed by atoms with Gasteiger partial charge in [-0.25, -0.2) is 4.68 Å². The lowest BCUT2D eigenvalue weighted by atomic mass is 10.1. The zero-order valence-electron chi connectivity index (χ0n) is 15.1. The Labute approximate surface area is 156 Å². The number of hydrogen-bond acceptors (Lipinski definition) is 5. The zero-order valence-corrected chi connectivity index (χ0v) is 15.1. The van der Waals surface area contributed by atoms with E-state index in [-0.39, 0.29) is 12.5 Å². The van der Waals surface area contributed by atoms with Crippen LogP contribution in [0.3, 0.4) is 0 Å². The first-order valence-electron chi connectivity index (χ1n) is 8.88. The molecule has 3 N–H and O–H groups in total. The van der Waals surface area contributed by atoms with E-state index >= 15 is 0 Å². The standard InChI is InChI=1S/C19H22N6O2/c1-13-9-17(20)25(21-13)12-18(26)23-7-8-24-15(11-23)10-16(22-24)19(27)14-5-3-2-4-6-14/h2-6,9-10,19,27H,7-8,11-12,20H2,1H3. The smallest absolute Gasteiger partial charge is 0.244 e. The van der Waals surface area contributed by atoms with E-state index < -0.39 is 6.10 Å². The fourth-order valence-electron chi connectivity index (χ4n) is 3.36. The summed E-state index contributed by atoms with van der Waals surface area (Å²) in [5, 5.41) is 19.3. The van der Waals surface area contributed by atoms with E-state index in [1.807, 2.05) is 48.0 Å². The molecule has 0 radical (unpaired) electrons. The number of anilines is 1. The van der Waals surface area contributed by atoms with Crippen molar-refractivity contribution in [2.24, 2.45) is 0 Å². The van der Waals surface area contributed by atoms with E-state index in [1.54, 1.807) is 11.0 Å². The maximum atomic E-state index is 12.6. The highest BCUT2D eigenvalue weighted by Crippen LogP contribution is 2.23. The van der Waals surface area contributed by atoms with Crippen LogP contribution in [-0.2, 0) is 24.4 Å². The van der Waals surface area contributed by atoms with Crippen LogP contribution in [0.25, 0.3) is 0 Å². The quantitative estimate of drug-likeness (QED) is 0.720. The third kappa shape index (κ3) is 3.43. The number of nitrogen functional groups attached to an aromatic ring is 1. The number of carbonyl (C=O) groups excluding carboxylic acids is 1. The van der Waals surface area contributed by atoms with Crippen molar-refractivity contribution < 1.29 is 9.90 Å². The molecule has 2 aromatic heterocycles. The number of amides is 1. The van der Waals surface area contributed by atoms with Gasteiger partial charge in [-0.3, -0.25) is 9.48 Å². The molecule has 27 heavy (non-hydrogen) atoms. The van der Waals surface area contributed by atoms with Gasteiger partial charge in [0.25, 0.3) is 0 Å². The molecule has 3 heterocycles. The largest absolute Gasteiger partial charge is 0.384 e. The van der Waals surface area contributed by atoms with Gasteiger partial charge in [-0.05, 0) is 18.6 Å². The second kappa shape index (κ2) is 6.88. The molecule has 0 spiro atoms. The van der Waals surface area contributed by atoms with Gasteiger partial charge in [-0.1, -0.05) is 30.3 Å². The van der Waals surface area contributed by atoms with Gasteiger partial charge in [0, 0.05) is 12.6 Å².